The van der Waals surface area contributed by atoms with Crippen molar-refractivity contribution >= 4 is 5.91 Å². The summed E-state index contributed by atoms with van der Waals surface area (Å²) in [6.45, 7) is 2.53. The Balaban J connectivity index is 1.62. The van der Waals surface area contributed by atoms with Crippen LogP contribution in [0.1, 0.15) is 37.2 Å². The van der Waals surface area contributed by atoms with Gasteiger partial charge in [-0.2, -0.15) is 0 Å². The van der Waals surface area contributed by atoms with Crippen molar-refractivity contribution in [3.8, 4) is 0 Å². The monoisotopic (exact) mass is 247 g/mol. The molecule has 1 amide bonds. The fourth-order valence-electron chi connectivity index (χ4n) is 3.71. The van der Waals surface area contributed by atoms with Crippen molar-refractivity contribution in [3.05, 3.63) is 23.7 Å². The number of rotatable bonds is 3. The highest BCUT2D eigenvalue weighted by atomic mass is 16.3. The summed E-state index contributed by atoms with van der Waals surface area (Å²) in [5.41, 5.74) is 0. The molecule has 1 aromatic rings. The van der Waals surface area contributed by atoms with Gasteiger partial charge in [0.15, 0.2) is 0 Å². The molecular formula is C15H21NO2. The quantitative estimate of drug-likeness (QED) is 0.822. The van der Waals surface area contributed by atoms with E-state index in [1.165, 1.54) is 19.3 Å². The molecule has 2 bridgehead atoms. The summed E-state index contributed by atoms with van der Waals surface area (Å²) in [5.74, 6) is 3.87. The lowest BCUT2D eigenvalue weighted by molar-refractivity contribution is -0.136. The lowest BCUT2D eigenvalue weighted by atomic mass is 9.88. The van der Waals surface area contributed by atoms with E-state index in [0.29, 0.717) is 18.4 Å². The molecule has 0 saturated heterocycles. The molecule has 0 radical (unpaired) electrons. The van der Waals surface area contributed by atoms with Crippen LogP contribution in [0.3, 0.4) is 0 Å². The lowest BCUT2D eigenvalue weighted by Crippen LogP contribution is -2.34. The number of aryl methyl sites for hydroxylation is 1. The minimum Gasteiger partial charge on any atom is -0.464 e. The second-order valence-electron chi connectivity index (χ2n) is 5.99. The van der Waals surface area contributed by atoms with E-state index in [-0.39, 0.29) is 5.92 Å². The molecule has 2 fully saturated rings. The fourth-order valence-corrected chi connectivity index (χ4v) is 3.71. The Bertz CT molecular complexity index is 451. The zero-order valence-corrected chi connectivity index (χ0v) is 11.2. The maximum atomic E-state index is 12.4. The van der Waals surface area contributed by atoms with Crippen LogP contribution < -0.4 is 0 Å². The first-order valence-corrected chi connectivity index (χ1v) is 6.94. The first-order chi connectivity index (χ1) is 8.63. The number of nitrogens with zero attached hydrogens (tertiary/aromatic N) is 1. The van der Waals surface area contributed by atoms with Crippen LogP contribution in [0.15, 0.2) is 16.5 Å². The molecule has 0 aliphatic heterocycles. The first kappa shape index (κ1) is 11.8. The Morgan fingerprint density at radius 2 is 2.22 bits per heavy atom. The second kappa shape index (κ2) is 4.45. The summed E-state index contributed by atoms with van der Waals surface area (Å²) in [7, 11) is 1.90. The Morgan fingerprint density at radius 1 is 1.39 bits per heavy atom. The molecule has 1 heterocycles. The van der Waals surface area contributed by atoms with Crippen molar-refractivity contribution in [1.29, 1.82) is 0 Å². The number of furan rings is 1. The van der Waals surface area contributed by atoms with Gasteiger partial charge in [-0.05, 0) is 50.2 Å². The van der Waals surface area contributed by atoms with Gasteiger partial charge in [-0.1, -0.05) is 6.42 Å². The predicted molar refractivity (Wildman–Crippen MR) is 68.9 cm³/mol. The van der Waals surface area contributed by atoms with E-state index >= 15 is 0 Å². The van der Waals surface area contributed by atoms with Crippen molar-refractivity contribution < 1.29 is 9.21 Å². The maximum Gasteiger partial charge on any atom is 0.226 e. The molecule has 0 N–H and O–H groups in total. The van der Waals surface area contributed by atoms with Crippen LogP contribution in [0.4, 0.5) is 0 Å². The van der Waals surface area contributed by atoms with E-state index in [9.17, 15) is 4.79 Å². The second-order valence-corrected chi connectivity index (χ2v) is 5.99. The van der Waals surface area contributed by atoms with Gasteiger partial charge in [-0.3, -0.25) is 4.79 Å². The largest absolute Gasteiger partial charge is 0.464 e. The first-order valence-electron chi connectivity index (χ1n) is 6.94. The summed E-state index contributed by atoms with van der Waals surface area (Å²) < 4.78 is 5.54. The van der Waals surface area contributed by atoms with E-state index in [0.717, 1.165) is 23.9 Å². The van der Waals surface area contributed by atoms with Crippen LogP contribution in [-0.4, -0.2) is 17.9 Å². The lowest BCUT2D eigenvalue weighted by Gasteiger charge is -2.26. The van der Waals surface area contributed by atoms with Gasteiger partial charge in [0.25, 0.3) is 0 Å². The molecule has 18 heavy (non-hydrogen) atoms. The molecule has 98 valence electrons. The normalized spacial score (nSPS) is 29.8. The van der Waals surface area contributed by atoms with Gasteiger partial charge in [-0.15, -0.1) is 0 Å². The smallest absolute Gasteiger partial charge is 0.226 e. The van der Waals surface area contributed by atoms with E-state index in [4.69, 9.17) is 4.42 Å². The highest BCUT2D eigenvalue weighted by Gasteiger charge is 2.43. The molecule has 3 rings (SSSR count). The zero-order valence-electron chi connectivity index (χ0n) is 11.2. The molecule has 2 aliphatic rings. The van der Waals surface area contributed by atoms with Gasteiger partial charge in [0.2, 0.25) is 5.91 Å². The highest BCUT2D eigenvalue weighted by molar-refractivity contribution is 5.79. The predicted octanol–water partition coefficient (Wildman–Crippen LogP) is 2.98. The Labute approximate surface area is 108 Å². The summed E-state index contributed by atoms with van der Waals surface area (Å²) in [6, 6.07) is 3.91. The van der Waals surface area contributed by atoms with Crippen LogP contribution in [-0.2, 0) is 11.3 Å². The Morgan fingerprint density at radius 3 is 2.78 bits per heavy atom. The molecule has 2 aliphatic carbocycles. The number of fused-ring (bicyclic) bond motifs is 2. The molecule has 3 heteroatoms. The minimum atomic E-state index is 0.282. The number of amides is 1. The van der Waals surface area contributed by atoms with Crippen molar-refractivity contribution in [1.82, 2.24) is 4.90 Å². The average Bonchev–Trinajstić information content (AvgIpc) is 3.04. The van der Waals surface area contributed by atoms with Crippen LogP contribution in [0.2, 0.25) is 0 Å². The van der Waals surface area contributed by atoms with Crippen LogP contribution >= 0.6 is 0 Å². The number of hydrogen-bond donors (Lipinski definition) is 0. The van der Waals surface area contributed by atoms with E-state index in [2.05, 4.69) is 0 Å². The molecule has 0 aromatic carbocycles. The van der Waals surface area contributed by atoms with Gasteiger partial charge in [0, 0.05) is 13.0 Å². The molecule has 3 atom stereocenters. The van der Waals surface area contributed by atoms with Crippen LogP contribution in [0, 0.1) is 24.7 Å². The van der Waals surface area contributed by atoms with Gasteiger partial charge >= 0.3 is 0 Å². The molecule has 3 nitrogen and oxygen atoms in total. The van der Waals surface area contributed by atoms with Crippen LogP contribution in [0.5, 0.6) is 0 Å². The summed E-state index contributed by atoms with van der Waals surface area (Å²) in [5, 5.41) is 0. The average molecular weight is 247 g/mol. The van der Waals surface area contributed by atoms with Gasteiger partial charge in [-0.25, -0.2) is 0 Å². The SMILES string of the molecule is Cc1ccc(CN(C)C(=O)C2CC3CCC2C3)o1. The third-order valence-electron chi connectivity index (χ3n) is 4.62. The summed E-state index contributed by atoms with van der Waals surface area (Å²) in [4.78, 5) is 14.3. The molecule has 3 unspecified atom stereocenters. The minimum absolute atomic E-state index is 0.282. The Kier molecular flexibility index (Phi) is 2.92. The molecule has 0 spiro atoms. The van der Waals surface area contributed by atoms with E-state index in [1.807, 2.05) is 31.0 Å². The van der Waals surface area contributed by atoms with Crippen molar-refractivity contribution in [2.45, 2.75) is 39.2 Å². The fraction of sp³-hybridized carbons (Fsp3) is 0.667. The third-order valence-corrected chi connectivity index (χ3v) is 4.62. The van der Waals surface area contributed by atoms with E-state index in [1.54, 1.807) is 0 Å². The standard InChI is InChI=1S/C15H21NO2/c1-10-3-6-13(18-10)9-16(2)15(17)14-8-11-4-5-12(14)7-11/h3,6,11-12,14H,4-5,7-9H2,1-2H3. The topological polar surface area (TPSA) is 33.5 Å². The number of carbonyl (C=O) groups excluding carboxylic acids is 1. The van der Waals surface area contributed by atoms with Gasteiger partial charge in [0.05, 0.1) is 6.54 Å². The summed E-state index contributed by atoms with van der Waals surface area (Å²) in [6.07, 6.45) is 5.00. The highest BCUT2D eigenvalue weighted by Crippen LogP contribution is 2.48. The zero-order chi connectivity index (χ0) is 12.7. The van der Waals surface area contributed by atoms with Crippen molar-refractivity contribution in [2.75, 3.05) is 7.05 Å². The Hall–Kier alpha value is -1.25. The molecule has 1 aromatic heterocycles. The van der Waals surface area contributed by atoms with Gasteiger partial charge in [0.1, 0.15) is 11.5 Å². The molecular weight excluding hydrogens is 226 g/mol. The van der Waals surface area contributed by atoms with E-state index < -0.39 is 0 Å². The van der Waals surface area contributed by atoms with Crippen molar-refractivity contribution in [2.24, 2.45) is 17.8 Å². The molecule has 2 saturated carbocycles. The van der Waals surface area contributed by atoms with Crippen molar-refractivity contribution in [3.63, 3.8) is 0 Å². The maximum absolute atomic E-state index is 12.4. The third kappa shape index (κ3) is 2.06. The van der Waals surface area contributed by atoms with Crippen LogP contribution in [0.25, 0.3) is 0 Å². The number of hydrogen-bond acceptors (Lipinski definition) is 2. The van der Waals surface area contributed by atoms with Gasteiger partial charge < -0.3 is 9.32 Å². The summed E-state index contributed by atoms with van der Waals surface area (Å²) >= 11 is 0. The number of carbonyl (C=O) groups is 1.